The Labute approximate surface area is 113 Å². The van der Waals surface area contributed by atoms with Crippen LogP contribution in [0.5, 0.6) is 5.75 Å². The summed E-state index contributed by atoms with van der Waals surface area (Å²) in [6.07, 6.45) is 4.09. The Balaban J connectivity index is 2.23. The fourth-order valence-corrected chi connectivity index (χ4v) is 2.32. The van der Waals surface area contributed by atoms with E-state index in [9.17, 15) is 8.78 Å². The Morgan fingerprint density at radius 1 is 1.32 bits per heavy atom. The average molecular weight is 269 g/mol. The summed E-state index contributed by atoms with van der Waals surface area (Å²) in [4.78, 5) is 0. The number of ether oxygens (including phenoxy) is 1. The van der Waals surface area contributed by atoms with Crippen LogP contribution in [0, 0.1) is 17.6 Å². The van der Waals surface area contributed by atoms with E-state index < -0.39 is 11.6 Å². The van der Waals surface area contributed by atoms with E-state index in [0.29, 0.717) is 5.92 Å². The summed E-state index contributed by atoms with van der Waals surface area (Å²) in [7, 11) is 1.41. The minimum absolute atomic E-state index is 0.154. The van der Waals surface area contributed by atoms with E-state index in [4.69, 9.17) is 4.74 Å². The van der Waals surface area contributed by atoms with Crippen LogP contribution >= 0.6 is 0 Å². The van der Waals surface area contributed by atoms with Crippen LogP contribution in [-0.2, 0) is 0 Å². The number of nitrogens with one attached hydrogen (secondary N) is 1. The molecule has 4 heteroatoms. The van der Waals surface area contributed by atoms with Gasteiger partial charge in [0, 0.05) is 23.7 Å². The first-order valence-corrected chi connectivity index (χ1v) is 6.92. The smallest absolute Gasteiger partial charge is 0.134 e. The lowest BCUT2D eigenvalue weighted by Gasteiger charge is -2.20. The Kier molecular flexibility index (Phi) is 4.75. The molecular formula is C15H21F2NO. The molecule has 0 heterocycles. The molecule has 0 aromatic heterocycles. The first-order valence-electron chi connectivity index (χ1n) is 6.92. The highest BCUT2D eigenvalue weighted by atomic mass is 19.1. The summed E-state index contributed by atoms with van der Waals surface area (Å²) < 4.78 is 33.1. The molecule has 0 bridgehead atoms. The van der Waals surface area contributed by atoms with Gasteiger partial charge in [0.2, 0.25) is 0 Å². The van der Waals surface area contributed by atoms with E-state index in [-0.39, 0.29) is 17.4 Å². The monoisotopic (exact) mass is 269 g/mol. The van der Waals surface area contributed by atoms with E-state index in [1.165, 1.54) is 32.1 Å². The van der Waals surface area contributed by atoms with Gasteiger partial charge in [-0.15, -0.1) is 0 Å². The maximum absolute atomic E-state index is 14.1. The third-order valence-electron chi connectivity index (χ3n) is 3.54. The molecule has 1 N–H and O–H groups in total. The van der Waals surface area contributed by atoms with Crippen LogP contribution < -0.4 is 10.1 Å². The standard InChI is InChI=1S/C15H21F2NO/c1-3-6-18-14(7-10-4-5-10)15-12(16)8-11(19-2)9-13(15)17/h8-10,14,18H,3-7H2,1-2H3. The van der Waals surface area contributed by atoms with Crippen LogP contribution in [-0.4, -0.2) is 13.7 Å². The van der Waals surface area contributed by atoms with Crippen LogP contribution in [0.1, 0.15) is 44.2 Å². The topological polar surface area (TPSA) is 21.3 Å². The number of benzene rings is 1. The quantitative estimate of drug-likeness (QED) is 0.812. The molecule has 0 spiro atoms. The zero-order valence-electron chi connectivity index (χ0n) is 11.5. The molecule has 0 saturated heterocycles. The average Bonchev–Trinajstić information content (AvgIpc) is 3.18. The van der Waals surface area contributed by atoms with Crippen LogP contribution in [0.2, 0.25) is 0 Å². The minimum Gasteiger partial charge on any atom is -0.497 e. The van der Waals surface area contributed by atoms with Crippen molar-refractivity contribution in [2.45, 2.75) is 38.6 Å². The molecule has 1 fully saturated rings. The summed E-state index contributed by atoms with van der Waals surface area (Å²) in [5, 5.41) is 3.26. The third kappa shape index (κ3) is 3.66. The van der Waals surface area contributed by atoms with Crippen molar-refractivity contribution in [2.24, 2.45) is 5.92 Å². The molecule has 2 nitrogen and oxygen atoms in total. The van der Waals surface area contributed by atoms with E-state index in [1.807, 2.05) is 6.92 Å². The van der Waals surface area contributed by atoms with Gasteiger partial charge in [0.15, 0.2) is 0 Å². The second-order valence-electron chi connectivity index (χ2n) is 5.19. The molecule has 0 amide bonds. The van der Waals surface area contributed by atoms with Gasteiger partial charge < -0.3 is 10.1 Å². The Bertz CT molecular complexity index is 409. The molecule has 19 heavy (non-hydrogen) atoms. The molecule has 1 unspecified atom stereocenters. The normalized spacial score (nSPS) is 16.4. The van der Waals surface area contributed by atoms with Crippen molar-refractivity contribution >= 4 is 0 Å². The Morgan fingerprint density at radius 2 is 1.95 bits per heavy atom. The van der Waals surface area contributed by atoms with Crippen molar-refractivity contribution in [3.63, 3.8) is 0 Å². The third-order valence-corrected chi connectivity index (χ3v) is 3.54. The predicted molar refractivity (Wildman–Crippen MR) is 71.3 cm³/mol. The lowest BCUT2D eigenvalue weighted by atomic mass is 9.99. The van der Waals surface area contributed by atoms with Gasteiger partial charge >= 0.3 is 0 Å². The van der Waals surface area contributed by atoms with Crippen LogP contribution in [0.3, 0.4) is 0 Å². The lowest BCUT2D eigenvalue weighted by Crippen LogP contribution is -2.24. The summed E-state index contributed by atoms with van der Waals surface area (Å²) >= 11 is 0. The van der Waals surface area contributed by atoms with E-state index in [1.54, 1.807) is 0 Å². The lowest BCUT2D eigenvalue weighted by molar-refractivity contribution is 0.395. The van der Waals surface area contributed by atoms with E-state index in [0.717, 1.165) is 19.4 Å². The highest BCUT2D eigenvalue weighted by Gasteiger charge is 2.29. The van der Waals surface area contributed by atoms with Gasteiger partial charge in [-0.05, 0) is 25.3 Å². The van der Waals surface area contributed by atoms with Gasteiger partial charge in [0.05, 0.1) is 7.11 Å². The first kappa shape index (κ1) is 14.3. The summed E-state index contributed by atoms with van der Waals surface area (Å²) in [5.74, 6) is -0.216. The van der Waals surface area contributed by atoms with Crippen LogP contribution in [0.4, 0.5) is 8.78 Å². The van der Waals surface area contributed by atoms with Crippen molar-refractivity contribution in [3.05, 3.63) is 29.3 Å². The molecule has 1 aromatic carbocycles. The van der Waals surface area contributed by atoms with Gasteiger partial charge in [-0.2, -0.15) is 0 Å². The van der Waals surface area contributed by atoms with Gasteiger partial charge in [-0.3, -0.25) is 0 Å². The maximum Gasteiger partial charge on any atom is 0.134 e. The number of hydrogen-bond acceptors (Lipinski definition) is 2. The number of halogens is 2. The molecule has 1 aromatic rings. The first-order chi connectivity index (χ1) is 9.15. The van der Waals surface area contributed by atoms with Crippen molar-refractivity contribution in [1.29, 1.82) is 0 Å². The number of hydrogen-bond donors (Lipinski definition) is 1. The van der Waals surface area contributed by atoms with Crippen LogP contribution in [0.15, 0.2) is 12.1 Å². The molecular weight excluding hydrogens is 248 g/mol. The molecule has 1 saturated carbocycles. The molecule has 0 aliphatic heterocycles. The largest absolute Gasteiger partial charge is 0.497 e. The summed E-state index contributed by atoms with van der Waals surface area (Å²) in [6, 6.07) is 2.27. The predicted octanol–water partition coefficient (Wildman–Crippen LogP) is 3.81. The summed E-state index contributed by atoms with van der Waals surface area (Å²) in [5.41, 5.74) is 0.154. The van der Waals surface area contributed by atoms with Crippen molar-refractivity contribution in [3.8, 4) is 5.75 Å². The van der Waals surface area contributed by atoms with Gasteiger partial charge in [0.1, 0.15) is 17.4 Å². The zero-order valence-corrected chi connectivity index (χ0v) is 11.5. The van der Waals surface area contributed by atoms with Gasteiger partial charge in [0.25, 0.3) is 0 Å². The number of rotatable bonds is 7. The highest BCUT2D eigenvalue weighted by Crippen LogP contribution is 2.39. The fraction of sp³-hybridized carbons (Fsp3) is 0.600. The second-order valence-corrected chi connectivity index (χ2v) is 5.19. The highest BCUT2D eigenvalue weighted by molar-refractivity contribution is 5.32. The Morgan fingerprint density at radius 3 is 2.42 bits per heavy atom. The van der Waals surface area contributed by atoms with E-state index >= 15 is 0 Å². The van der Waals surface area contributed by atoms with Gasteiger partial charge in [-0.25, -0.2) is 8.78 Å². The molecule has 1 aliphatic rings. The van der Waals surface area contributed by atoms with Crippen molar-refractivity contribution in [1.82, 2.24) is 5.32 Å². The van der Waals surface area contributed by atoms with Crippen molar-refractivity contribution in [2.75, 3.05) is 13.7 Å². The molecule has 1 aliphatic carbocycles. The second kappa shape index (κ2) is 6.33. The number of methoxy groups -OCH3 is 1. The molecule has 1 atom stereocenters. The van der Waals surface area contributed by atoms with Gasteiger partial charge in [-0.1, -0.05) is 19.8 Å². The van der Waals surface area contributed by atoms with Crippen LogP contribution in [0.25, 0.3) is 0 Å². The molecule has 106 valence electrons. The minimum atomic E-state index is -0.522. The fourth-order valence-electron chi connectivity index (χ4n) is 2.32. The molecule has 2 rings (SSSR count). The zero-order chi connectivity index (χ0) is 13.8. The van der Waals surface area contributed by atoms with E-state index in [2.05, 4.69) is 5.32 Å². The SMILES string of the molecule is CCCNC(CC1CC1)c1c(F)cc(OC)cc1F. The summed E-state index contributed by atoms with van der Waals surface area (Å²) in [6.45, 7) is 2.81. The van der Waals surface area contributed by atoms with Crippen molar-refractivity contribution < 1.29 is 13.5 Å². The Hall–Kier alpha value is -1.16. The molecule has 0 radical (unpaired) electrons. The maximum atomic E-state index is 14.1.